The standard InChI is InChI=1S/C43H56N4O12/c1-21-12-11-13-22(2)42(55)45-33-28(20-44-47-17-15-46(9)16-18-47)37(52)30-31(38(33)53)36(51)26(6)40-32(30)41(54)43(8,59-40)57-19-14-29(56-10)23(3)39(58-27(7)48)25(5)35(50)24(4)34(21)49/h11-14,19-21,23-25,29,34-35,39,49-51H,15-18H2,1-10H3,(H,45,55)/b12-11+,19-14+,22-13-,44-20?/t21-,23+,24+,25+,29-,34-,35+,39+,43-/m0/s1. The van der Waals surface area contributed by atoms with Gasteiger partial charge in [0.25, 0.3) is 11.7 Å². The normalized spacial score (nSPS) is 33.3. The number of hydrazone groups is 1. The minimum Gasteiger partial charge on any atom is -0.507 e. The fraction of sp³-hybridized carbons (Fsp3) is 0.535. The van der Waals surface area contributed by atoms with Crippen LogP contribution in [0.1, 0.15) is 85.1 Å². The molecule has 5 aliphatic rings. The maximum absolute atomic E-state index is 14.6. The molecule has 1 aromatic carbocycles. The van der Waals surface area contributed by atoms with Gasteiger partial charge in [-0.05, 0) is 27.0 Å². The third kappa shape index (κ3) is 8.91. The van der Waals surface area contributed by atoms with Crippen LogP contribution in [0.5, 0.6) is 11.5 Å². The summed E-state index contributed by atoms with van der Waals surface area (Å²) in [6, 6.07) is 0. The maximum Gasteiger partial charge on any atom is 0.312 e. The molecule has 1 aliphatic carbocycles. The Bertz CT molecular complexity index is 2030. The molecule has 0 radical (unpaired) electrons. The second-order valence-corrected chi connectivity index (χ2v) is 16.1. The number of benzene rings is 1. The van der Waals surface area contributed by atoms with Crippen LogP contribution >= 0.6 is 0 Å². The second kappa shape index (κ2) is 18.0. The Hall–Kier alpha value is -5.16. The van der Waals surface area contributed by atoms with Crippen molar-refractivity contribution >= 4 is 35.4 Å². The Morgan fingerprint density at radius 2 is 1.61 bits per heavy atom. The molecule has 1 aromatic rings. The second-order valence-electron chi connectivity index (χ2n) is 16.1. The number of esters is 1. The lowest BCUT2D eigenvalue weighted by atomic mass is 9.78. The number of hydrogen-bond acceptors (Lipinski definition) is 15. The van der Waals surface area contributed by atoms with Crippen LogP contribution in [0.4, 0.5) is 0 Å². The van der Waals surface area contributed by atoms with Crippen LogP contribution in [-0.4, -0.2) is 131 Å². The minimum absolute atomic E-state index is 0.0118. The number of methoxy groups -OCH3 is 1. The molecule has 5 bridgehead atoms. The summed E-state index contributed by atoms with van der Waals surface area (Å²) >= 11 is 0. The van der Waals surface area contributed by atoms with Gasteiger partial charge in [-0.1, -0.05) is 45.9 Å². The van der Waals surface area contributed by atoms with Crippen molar-refractivity contribution in [2.24, 2.45) is 28.8 Å². The lowest BCUT2D eigenvalue weighted by molar-refractivity contribution is -0.160. The predicted octanol–water partition coefficient (Wildman–Crippen LogP) is 3.23. The smallest absolute Gasteiger partial charge is 0.312 e. The highest BCUT2D eigenvalue weighted by atomic mass is 16.7. The van der Waals surface area contributed by atoms with Crippen molar-refractivity contribution in [3.8, 4) is 11.5 Å². The number of carbonyl (C=O) groups is 5. The molecule has 4 aliphatic heterocycles. The number of likely N-dealkylation sites (N-methyl/N-ethyl adjacent to an activating group) is 1. The molecule has 6 rings (SSSR count). The van der Waals surface area contributed by atoms with Gasteiger partial charge in [0.05, 0.1) is 53.1 Å². The number of amides is 1. The van der Waals surface area contributed by atoms with Gasteiger partial charge in [-0.15, -0.1) is 0 Å². The van der Waals surface area contributed by atoms with E-state index < -0.39 is 106 Å². The first kappa shape index (κ1) is 44.9. The third-order valence-corrected chi connectivity index (χ3v) is 11.8. The van der Waals surface area contributed by atoms with E-state index in [1.807, 2.05) is 7.05 Å². The highest BCUT2D eigenvalue weighted by molar-refractivity contribution is 6.37. The van der Waals surface area contributed by atoms with E-state index in [-0.39, 0.29) is 28.0 Å². The number of fused-ring (bicyclic) bond motifs is 14. The van der Waals surface area contributed by atoms with Gasteiger partial charge in [0.1, 0.15) is 23.3 Å². The number of nitrogens with one attached hydrogen (secondary N) is 1. The molecular weight excluding hydrogens is 764 g/mol. The van der Waals surface area contributed by atoms with E-state index in [4.69, 9.17) is 18.9 Å². The van der Waals surface area contributed by atoms with Crippen molar-refractivity contribution < 1.29 is 58.2 Å². The van der Waals surface area contributed by atoms with Crippen LogP contribution in [-0.2, 0) is 23.8 Å². The van der Waals surface area contributed by atoms with E-state index in [2.05, 4.69) is 15.3 Å². The number of allylic oxidation sites excluding steroid dienone is 4. The Balaban J connectivity index is 1.66. The molecule has 4 N–H and O–H groups in total. The summed E-state index contributed by atoms with van der Waals surface area (Å²) in [5.74, 6) is -9.34. The Morgan fingerprint density at radius 3 is 2.24 bits per heavy atom. The number of phenolic OH excluding ortho intramolecular Hbond substituents is 1. The molecule has 9 atom stereocenters. The van der Waals surface area contributed by atoms with Crippen LogP contribution in [0.15, 0.2) is 52.5 Å². The highest BCUT2D eigenvalue weighted by Gasteiger charge is 2.52. The Labute approximate surface area is 344 Å². The number of aliphatic hydroxyl groups excluding tert-OH is 2. The van der Waals surface area contributed by atoms with E-state index in [1.165, 1.54) is 59.4 Å². The van der Waals surface area contributed by atoms with Gasteiger partial charge in [0.2, 0.25) is 5.78 Å². The summed E-state index contributed by atoms with van der Waals surface area (Å²) in [6.07, 6.45) is 4.56. The molecule has 0 spiro atoms. The summed E-state index contributed by atoms with van der Waals surface area (Å²) in [7, 11) is 3.39. The number of ketones is 3. The number of Topliss-reactive ketones (excluding diaryl/α,β-unsaturated/α-hetero) is 3. The Morgan fingerprint density at radius 1 is 0.949 bits per heavy atom. The summed E-state index contributed by atoms with van der Waals surface area (Å²) in [5.41, 5.74) is -1.82. The topological polar surface area (TPSA) is 214 Å². The number of piperazine rings is 1. The number of hydrogen-bond donors (Lipinski definition) is 4. The number of aliphatic hydroxyl groups is 2. The summed E-state index contributed by atoms with van der Waals surface area (Å²) in [5, 5.41) is 43.1. The number of phenols is 1. The first-order valence-corrected chi connectivity index (χ1v) is 19.7. The van der Waals surface area contributed by atoms with Crippen molar-refractivity contribution in [1.29, 1.82) is 0 Å². The quantitative estimate of drug-likeness (QED) is 0.254. The molecule has 0 saturated carbocycles. The third-order valence-electron chi connectivity index (χ3n) is 11.8. The molecule has 320 valence electrons. The minimum atomic E-state index is -2.09. The van der Waals surface area contributed by atoms with Gasteiger partial charge in [-0.2, -0.15) is 5.10 Å². The maximum atomic E-state index is 14.6. The molecule has 0 aromatic heterocycles. The SMILES string of the molecule is CO[C@H]1/C=C/O[C@@]2(C)Oc3c(C)c(O)c4c(c3C2=O)C(=O)C(C=NN2CCN(C)CC2)=C(NC(=O)/C(C)=C\C=C\[C@H](C)[C@H](O)[C@@H](C)[C@@H](O)[C@@H](C)[C@H](OC(C)=O)[C@@H]1C)C4=O. The number of aromatic hydroxyl groups is 1. The fourth-order valence-electron chi connectivity index (χ4n) is 7.89. The first-order valence-electron chi connectivity index (χ1n) is 19.7. The number of nitrogens with zero attached hydrogens (tertiary/aromatic N) is 3. The lowest BCUT2D eigenvalue weighted by Gasteiger charge is -2.38. The summed E-state index contributed by atoms with van der Waals surface area (Å²) in [4.78, 5) is 71.6. The summed E-state index contributed by atoms with van der Waals surface area (Å²) < 4.78 is 23.5. The zero-order chi connectivity index (χ0) is 43.7. The number of ether oxygens (including phenoxy) is 4. The van der Waals surface area contributed by atoms with Crippen molar-refractivity contribution in [2.45, 2.75) is 85.6 Å². The zero-order valence-electron chi connectivity index (χ0n) is 35.3. The van der Waals surface area contributed by atoms with Gasteiger partial charge in [0.15, 0.2) is 5.78 Å². The van der Waals surface area contributed by atoms with E-state index in [1.54, 1.807) is 44.9 Å². The van der Waals surface area contributed by atoms with Crippen LogP contribution in [0.2, 0.25) is 0 Å². The van der Waals surface area contributed by atoms with Crippen molar-refractivity contribution in [3.05, 3.63) is 69.7 Å². The van der Waals surface area contributed by atoms with Crippen molar-refractivity contribution in [2.75, 3.05) is 40.3 Å². The van der Waals surface area contributed by atoms with Crippen LogP contribution in [0, 0.1) is 30.6 Å². The lowest BCUT2D eigenvalue weighted by Crippen LogP contribution is -2.46. The zero-order valence-corrected chi connectivity index (χ0v) is 35.3. The molecule has 59 heavy (non-hydrogen) atoms. The molecule has 1 fully saturated rings. The summed E-state index contributed by atoms with van der Waals surface area (Å²) in [6.45, 7) is 14.8. The van der Waals surface area contributed by atoms with Gasteiger partial charge in [0, 0.05) is 81.9 Å². The Kier molecular flexibility index (Phi) is 13.7. The molecular formula is C43H56N4O12. The van der Waals surface area contributed by atoms with E-state index in [0.717, 1.165) is 0 Å². The van der Waals surface area contributed by atoms with Gasteiger partial charge < -0.3 is 44.5 Å². The van der Waals surface area contributed by atoms with Crippen molar-refractivity contribution in [1.82, 2.24) is 15.2 Å². The number of carbonyl (C=O) groups excluding carboxylic acids is 5. The van der Waals surface area contributed by atoms with Gasteiger partial charge in [-0.25, -0.2) is 0 Å². The molecule has 16 heteroatoms. The largest absolute Gasteiger partial charge is 0.507 e. The molecule has 1 saturated heterocycles. The monoisotopic (exact) mass is 820 g/mol. The van der Waals surface area contributed by atoms with Crippen LogP contribution in [0.3, 0.4) is 0 Å². The van der Waals surface area contributed by atoms with Crippen molar-refractivity contribution in [3.63, 3.8) is 0 Å². The van der Waals surface area contributed by atoms with Crippen LogP contribution < -0.4 is 10.1 Å². The fourth-order valence-corrected chi connectivity index (χ4v) is 7.89. The van der Waals surface area contributed by atoms with Gasteiger partial charge >= 0.3 is 11.8 Å². The van der Waals surface area contributed by atoms with E-state index in [9.17, 15) is 39.3 Å². The highest BCUT2D eigenvalue weighted by Crippen LogP contribution is 2.48. The van der Waals surface area contributed by atoms with Gasteiger partial charge in [-0.3, -0.25) is 29.0 Å². The predicted molar refractivity (Wildman–Crippen MR) is 216 cm³/mol. The van der Waals surface area contributed by atoms with Crippen LogP contribution in [0.25, 0.3) is 0 Å². The molecule has 0 unspecified atom stereocenters. The van der Waals surface area contributed by atoms with E-state index >= 15 is 0 Å². The first-order chi connectivity index (χ1) is 27.7. The average molecular weight is 821 g/mol. The number of rotatable bonds is 4. The molecule has 1 amide bonds. The molecule has 16 nitrogen and oxygen atoms in total. The molecule has 4 heterocycles. The van der Waals surface area contributed by atoms with E-state index in [0.29, 0.717) is 26.2 Å². The average Bonchev–Trinajstić information content (AvgIpc) is 3.46.